The number of aromatic nitrogens is 1. The van der Waals surface area contributed by atoms with Crippen LogP contribution in [0.15, 0.2) is 41.8 Å². The molecule has 2 aliphatic rings. The number of aryl methyl sites for hydroxylation is 1. The Morgan fingerprint density at radius 2 is 1.81 bits per heavy atom. The van der Waals surface area contributed by atoms with Crippen molar-refractivity contribution in [3.8, 4) is 22.1 Å². The van der Waals surface area contributed by atoms with Crippen LogP contribution in [0.25, 0.3) is 10.6 Å². The first-order chi connectivity index (χ1) is 15.6. The van der Waals surface area contributed by atoms with Gasteiger partial charge in [-0.3, -0.25) is 9.59 Å². The van der Waals surface area contributed by atoms with Gasteiger partial charge in [0.25, 0.3) is 5.91 Å². The van der Waals surface area contributed by atoms with Gasteiger partial charge in [0.05, 0.1) is 22.0 Å². The van der Waals surface area contributed by atoms with E-state index in [1.54, 1.807) is 33.6 Å². The molecule has 1 fully saturated rings. The summed E-state index contributed by atoms with van der Waals surface area (Å²) in [6.07, 6.45) is -0.316. The van der Waals surface area contributed by atoms with Gasteiger partial charge in [0.1, 0.15) is 6.61 Å². The molecule has 0 bridgehead atoms. The van der Waals surface area contributed by atoms with Crippen LogP contribution < -0.4 is 9.47 Å². The van der Waals surface area contributed by atoms with Gasteiger partial charge >= 0.3 is 0 Å². The van der Waals surface area contributed by atoms with Gasteiger partial charge in [0.15, 0.2) is 11.5 Å². The lowest BCUT2D eigenvalue weighted by molar-refractivity contribution is -0.146. The first-order valence-electron chi connectivity index (χ1n) is 10.5. The molecule has 0 aliphatic carbocycles. The number of ether oxygens (including phenoxy) is 2. The molecule has 0 N–H and O–H groups in total. The number of hydrogen-bond donors (Lipinski definition) is 0. The summed E-state index contributed by atoms with van der Waals surface area (Å²) in [4.78, 5) is 36.2. The van der Waals surface area contributed by atoms with E-state index >= 15 is 0 Å². The third-order valence-electron chi connectivity index (χ3n) is 5.60. The largest absolute Gasteiger partial charge is 0.485 e. The SMILES string of the molecule is Cc1nc(-c2cccs2)c(CC(=O)N2CCN(C(=O)C3COc4ccccc4O3)CC2)s1. The standard InChI is InChI=1S/C23H23N3O4S2/c1-15-24-22(19-7-4-12-31-19)20(32-15)13-21(27)25-8-10-26(11-9-25)23(28)18-14-29-16-5-2-3-6-17(16)30-18/h2-7,12,18H,8-11,13-14H2,1H3. The Balaban J connectivity index is 1.18. The molecule has 166 valence electrons. The van der Waals surface area contributed by atoms with Gasteiger partial charge in [-0.25, -0.2) is 4.98 Å². The Morgan fingerprint density at radius 1 is 1.06 bits per heavy atom. The molecule has 1 unspecified atom stereocenters. The average molecular weight is 470 g/mol. The second-order valence-electron chi connectivity index (χ2n) is 7.73. The molecule has 5 rings (SSSR count). The predicted molar refractivity (Wildman–Crippen MR) is 123 cm³/mol. The quantitative estimate of drug-likeness (QED) is 0.587. The topological polar surface area (TPSA) is 72.0 Å². The van der Waals surface area contributed by atoms with E-state index < -0.39 is 6.10 Å². The number of amides is 2. The number of thiazole rings is 1. The molecule has 32 heavy (non-hydrogen) atoms. The summed E-state index contributed by atoms with van der Waals surface area (Å²) >= 11 is 3.21. The summed E-state index contributed by atoms with van der Waals surface area (Å²) in [5.41, 5.74) is 0.916. The number of nitrogens with zero attached hydrogens (tertiary/aromatic N) is 3. The van der Waals surface area contributed by atoms with Crippen LogP contribution in [0.5, 0.6) is 11.5 Å². The maximum absolute atomic E-state index is 13.0. The summed E-state index contributed by atoms with van der Waals surface area (Å²) in [6, 6.07) is 11.4. The van der Waals surface area contributed by atoms with E-state index in [-0.39, 0.29) is 18.4 Å². The van der Waals surface area contributed by atoms with Crippen molar-refractivity contribution in [2.24, 2.45) is 0 Å². The fraction of sp³-hybridized carbons (Fsp3) is 0.348. The predicted octanol–water partition coefficient (Wildman–Crippen LogP) is 3.23. The lowest BCUT2D eigenvalue weighted by Gasteiger charge is -2.37. The van der Waals surface area contributed by atoms with Crippen LogP contribution in [0.1, 0.15) is 9.88 Å². The highest BCUT2D eigenvalue weighted by Crippen LogP contribution is 2.33. The molecule has 7 nitrogen and oxygen atoms in total. The van der Waals surface area contributed by atoms with E-state index in [4.69, 9.17) is 9.47 Å². The van der Waals surface area contributed by atoms with Gasteiger partial charge in [-0.05, 0) is 30.5 Å². The Hall–Kier alpha value is -2.91. The van der Waals surface area contributed by atoms with E-state index in [0.717, 1.165) is 20.5 Å². The van der Waals surface area contributed by atoms with Gasteiger partial charge in [-0.1, -0.05) is 18.2 Å². The van der Waals surface area contributed by atoms with Crippen molar-refractivity contribution in [2.75, 3.05) is 32.8 Å². The molecule has 0 spiro atoms. The van der Waals surface area contributed by atoms with Gasteiger partial charge in [0, 0.05) is 31.1 Å². The van der Waals surface area contributed by atoms with Crippen LogP contribution in [0, 0.1) is 6.92 Å². The zero-order valence-electron chi connectivity index (χ0n) is 17.7. The van der Waals surface area contributed by atoms with Crippen LogP contribution in [0.4, 0.5) is 0 Å². The van der Waals surface area contributed by atoms with Crippen LogP contribution in [0.3, 0.4) is 0 Å². The lowest BCUT2D eigenvalue weighted by atomic mass is 10.2. The summed E-state index contributed by atoms with van der Waals surface area (Å²) in [7, 11) is 0. The number of piperazine rings is 1. The molecular weight excluding hydrogens is 446 g/mol. The zero-order valence-corrected chi connectivity index (χ0v) is 19.3. The minimum absolute atomic E-state index is 0.0738. The Kier molecular flexibility index (Phi) is 5.84. The normalized spacial score (nSPS) is 18.0. The molecule has 9 heteroatoms. The van der Waals surface area contributed by atoms with Gasteiger partial charge < -0.3 is 19.3 Å². The second kappa shape index (κ2) is 8.91. The van der Waals surface area contributed by atoms with E-state index in [1.165, 1.54) is 0 Å². The summed E-state index contributed by atoms with van der Waals surface area (Å²) < 4.78 is 11.5. The number of para-hydroxylation sites is 2. The maximum Gasteiger partial charge on any atom is 0.267 e. The van der Waals surface area contributed by atoms with Crippen molar-refractivity contribution >= 4 is 34.5 Å². The molecule has 2 amide bonds. The smallest absolute Gasteiger partial charge is 0.267 e. The number of thiophene rings is 1. The highest BCUT2D eigenvalue weighted by atomic mass is 32.1. The highest BCUT2D eigenvalue weighted by molar-refractivity contribution is 7.15. The zero-order chi connectivity index (χ0) is 22.1. The van der Waals surface area contributed by atoms with Crippen molar-refractivity contribution in [2.45, 2.75) is 19.4 Å². The number of carbonyl (C=O) groups is 2. The second-order valence-corrected chi connectivity index (χ2v) is 9.96. The summed E-state index contributed by atoms with van der Waals surface area (Å²) in [5.74, 6) is 1.23. The molecule has 1 saturated heterocycles. The summed E-state index contributed by atoms with van der Waals surface area (Å²) in [5, 5.41) is 2.98. The molecule has 0 saturated carbocycles. The van der Waals surface area contributed by atoms with E-state index in [0.29, 0.717) is 44.1 Å². The third kappa shape index (κ3) is 4.22. The number of fused-ring (bicyclic) bond motifs is 1. The van der Waals surface area contributed by atoms with Crippen molar-refractivity contribution in [1.82, 2.24) is 14.8 Å². The molecule has 1 aromatic carbocycles. The van der Waals surface area contributed by atoms with Gasteiger partial charge in [-0.15, -0.1) is 22.7 Å². The first-order valence-corrected chi connectivity index (χ1v) is 12.2. The van der Waals surface area contributed by atoms with E-state index in [2.05, 4.69) is 4.98 Å². The average Bonchev–Trinajstić information content (AvgIpc) is 3.48. The Bertz CT molecular complexity index is 1120. The minimum atomic E-state index is -0.652. The molecule has 1 atom stereocenters. The van der Waals surface area contributed by atoms with Crippen LogP contribution in [0.2, 0.25) is 0 Å². The van der Waals surface area contributed by atoms with Crippen LogP contribution in [-0.2, 0) is 16.0 Å². The monoisotopic (exact) mass is 469 g/mol. The van der Waals surface area contributed by atoms with Gasteiger partial charge in [-0.2, -0.15) is 0 Å². The molecule has 2 aliphatic heterocycles. The number of rotatable bonds is 4. The third-order valence-corrected chi connectivity index (χ3v) is 7.45. The minimum Gasteiger partial charge on any atom is -0.485 e. The lowest BCUT2D eigenvalue weighted by Crippen LogP contribution is -2.55. The molecule has 2 aromatic heterocycles. The fourth-order valence-corrected chi connectivity index (χ4v) is 5.71. The molecule has 3 aromatic rings. The van der Waals surface area contributed by atoms with Crippen molar-refractivity contribution in [3.63, 3.8) is 0 Å². The fourth-order valence-electron chi connectivity index (χ4n) is 3.97. The van der Waals surface area contributed by atoms with Crippen molar-refractivity contribution in [1.29, 1.82) is 0 Å². The molecule has 0 radical (unpaired) electrons. The Morgan fingerprint density at radius 3 is 2.56 bits per heavy atom. The maximum atomic E-state index is 13.0. The highest BCUT2D eigenvalue weighted by Gasteiger charge is 2.33. The van der Waals surface area contributed by atoms with Gasteiger partial charge in [0.2, 0.25) is 12.0 Å². The van der Waals surface area contributed by atoms with Crippen molar-refractivity contribution < 1.29 is 19.1 Å². The number of benzene rings is 1. The van der Waals surface area contributed by atoms with Crippen molar-refractivity contribution in [3.05, 3.63) is 51.7 Å². The Labute approximate surface area is 194 Å². The van der Waals surface area contributed by atoms with E-state index in [9.17, 15) is 9.59 Å². The van der Waals surface area contributed by atoms with Crippen LogP contribution in [-0.4, -0.2) is 65.5 Å². The summed E-state index contributed by atoms with van der Waals surface area (Å²) in [6.45, 7) is 4.18. The van der Waals surface area contributed by atoms with E-state index in [1.807, 2.05) is 47.5 Å². The molecule has 4 heterocycles. The first kappa shape index (κ1) is 21.0. The number of carbonyl (C=O) groups excluding carboxylic acids is 2. The van der Waals surface area contributed by atoms with Crippen LogP contribution >= 0.6 is 22.7 Å². The number of hydrogen-bond acceptors (Lipinski definition) is 7. The molecular formula is C23H23N3O4S2.